The van der Waals surface area contributed by atoms with Gasteiger partial charge in [0.1, 0.15) is 11.6 Å². The number of amides is 1. The predicted molar refractivity (Wildman–Crippen MR) is 112 cm³/mol. The maximum absolute atomic E-state index is 12.5. The quantitative estimate of drug-likeness (QED) is 0.264. The molecule has 0 radical (unpaired) electrons. The largest absolute Gasteiger partial charge is 0.493 e. The molecule has 0 spiro atoms. The van der Waals surface area contributed by atoms with Gasteiger partial charge >= 0.3 is 0 Å². The molecular weight excluding hydrogens is 442 g/mol. The summed E-state index contributed by atoms with van der Waals surface area (Å²) in [6, 6.07) is 10.7. The van der Waals surface area contributed by atoms with Crippen molar-refractivity contribution in [3.05, 3.63) is 62.1 Å². The van der Waals surface area contributed by atoms with Crippen LogP contribution in [0, 0.1) is 21.4 Å². The number of anilines is 1. The fourth-order valence-corrected chi connectivity index (χ4v) is 2.78. The van der Waals surface area contributed by atoms with Gasteiger partial charge in [0.15, 0.2) is 11.5 Å². The van der Waals surface area contributed by atoms with Crippen LogP contribution < -0.4 is 14.8 Å². The number of hydrogen-bond donors (Lipinski definition) is 1. The number of nitro benzene ring substituents is 1. The lowest BCUT2D eigenvalue weighted by atomic mass is 10.1. The second-order valence-electron chi connectivity index (χ2n) is 5.80. The summed E-state index contributed by atoms with van der Waals surface area (Å²) in [5.74, 6) is 0.312. The molecule has 0 fully saturated rings. The van der Waals surface area contributed by atoms with E-state index in [0.29, 0.717) is 28.1 Å². The van der Waals surface area contributed by atoms with Crippen LogP contribution >= 0.6 is 15.9 Å². The standard InChI is InChI=1S/C20H18BrN3O5/c1-3-7-29-19-11-17(21)13(9-18(19)28-2)8-14(12-22)20(25)23-15-5-4-6-16(10-15)24(26)27/h4-6,8-11H,3,7H2,1-2H3,(H,23,25)/b14-8+. The highest BCUT2D eigenvalue weighted by atomic mass is 79.9. The Balaban J connectivity index is 2.31. The molecule has 0 atom stereocenters. The van der Waals surface area contributed by atoms with Gasteiger partial charge in [0.25, 0.3) is 11.6 Å². The Kier molecular flexibility index (Phi) is 7.74. The molecule has 1 N–H and O–H groups in total. The first-order chi connectivity index (χ1) is 13.9. The van der Waals surface area contributed by atoms with Crippen LogP contribution in [0.3, 0.4) is 0 Å². The van der Waals surface area contributed by atoms with Gasteiger partial charge in [-0.2, -0.15) is 5.26 Å². The molecule has 150 valence electrons. The number of nitro groups is 1. The first-order valence-corrected chi connectivity index (χ1v) is 9.36. The smallest absolute Gasteiger partial charge is 0.271 e. The number of ether oxygens (including phenoxy) is 2. The molecule has 0 bridgehead atoms. The Morgan fingerprint density at radius 3 is 2.72 bits per heavy atom. The van der Waals surface area contributed by atoms with Crippen LogP contribution in [0.1, 0.15) is 18.9 Å². The third kappa shape index (κ3) is 5.80. The van der Waals surface area contributed by atoms with Crippen molar-refractivity contribution >= 4 is 39.3 Å². The highest BCUT2D eigenvalue weighted by Gasteiger charge is 2.15. The maximum Gasteiger partial charge on any atom is 0.271 e. The normalized spacial score (nSPS) is 10.8. The lowest BCUT2D eigenvalue weighted by Gasteiger charge is -2.12. The number of carbonyl (C=O) groups is 1. The molecule has 2 rings (SSSR count). The van der Waals surface area contributed by atoms with E-state index in [-0.39, 0.29) is 16.9 Å². The van der Waals surface area contributed by atoms with Crippen molar-refractivity contribution in [2.24, 2.45) is 0 Å². The van der Waals surface area contributed by atoms with E-state index in [2.05, 4.69) is 21.2 Å². The Hall–Kier alpha value is -3.38. The molecule has 2 aromatic rings. The number of non-ortho nitro benzene ring substituents is 1. The molecule has 0 aliphatic carbocycles. The van der Waals surface area contributed by atoms with Gasteiger partial charge < -0.3 is 14.8 Å². The van der Waals surface area contributed by atoms with Crippen molar-refractivity contribution in [1.82, 2.24) is 0 Å². The van der Waals surface area contributed by atoms with Gasteiger partial charge in [-0.3, -0.25) is 14.9 Å². The summed E-state index contributed by atoms with van der Waals surface area (Å²) < 4.78 is 11.6. The molecule has 0 saturated carbocycles. The second-order valence-corrected chi connectivity index (χ2v) is 6.66. The summed E-state index contributed by atoms with van der Waals surface area (Å²) in [6.07, 6.45) is 2.22. The number of nitriles is 1. The summed E-state index contributed by atoms with van der Waals surface area (Å²) in [5.41, 5.74) is 0.406. The van der Waals surface area contributed by atoms with Crippen molar-refractivity contribution in [2.75, 3.05) is 19.0 Å². The van der Waals surface area contributed by atoms with Gasteiger partial charge in [-0.1, -0.05) is 28.9 Å². The lowest BCUT2D eigenvalue weighted by molar-refractivity contribution is -0.384. The Bertz CT molecular complexity index is 998. The maximum atomic E-state index is 12.5. The SMILES string of the molecule is CCCOc1cc(Br)c(/C=C(\C#N)C(=O)Nc2cccc([N+](=O)[O-])c2)cc1OC. The Labute approximate surface area is 176 Å². The van der Waals surface area contributed by atoms with E-state index in [1.165, 1.54) is 37.5 Å². The van der Waals surface area contributed by atoms with Gasteiger partial charge in [0, 0.05) is 22.3 Å². The van der Waals surface area contributed by atoms with Crippen molar-refractivity contribution in [3.8, 4) is 17.6 Å². The van der Waals surface area contributed by atoms with Crippen molar-refractivity contribution in [3.63, 3.8) is 0 Å². The molecule has 0 saturated heterocycles. The minimum absolute atomic E-state index is 0.166. The number of rotatable bonds is 8. The van der Waals surface area contributed by atoms with E-state index in [9.17, 15) is 20.2 Å². The minimum atomic E-state index is -0.690. The van der Waals surface area contributed by atoms with Crippen LogP contribution in [0.4, 0.5) is 11.4 Å². The van der Waals surface area contributed by atoms with E-state index in [1.807, 2.05) is 13.0 Å². The van der Waals surface area contributed by atoms with E-state index in [1.54, 1.807) is 12.1 Å². The van der Waals surface area contributed by atoms with Crippen LogP contribution in [0.25, 0.3) is 6.08 Å². The van der Waals surface area contributed by atoms with E-state index in [4.69, 9.17) is 9.47 Å². The highest BCUT2D eigenvalue weighted by molar-refractivity contribution is 9.10. The lowest BCUT2D eigenvalue weighted by Crippen LogP contribution is -2.13. The van der Waals surface area contributed by atoms with Gasteiger partial charge in [0.2, 0.25) is 0 Å². The van der Waals surface area contributed by atoms with Crippen LogP contribution in [0.15, 0.2) is 46.4 Å². The summed E-state index contributed by atoms with van der Waals surface area (Å²) >= 11 is 3.41. The van der Waals surface area contributed by atoms with Crippen molar-refractivity contribution in [1.29, 1.82) is 5.26 Å². The predicted octanol–water partition coefficient (Wildman–Crippen LogP) is 4.70. The van der Waals surface area contributed by atoms with Crippen LogP contribution in [0.2, 0.25) is 0 Å². The van der Waals surface area contributed by atoms with Crippen LogP contribution in [-0.2, 0) is 4.79 Å². The molecular formula is C20H18BrN3O5. The van der Waals surface area contributed by atoms with Gasteiger partial charge in [-0.25, -0.2) is 0 Å². The van der Waals surface area contributed by atoms with Crippen LogP contribution in [-0.4, -0.2) is 24.5 Å². The molecule has 0 aliphatic rings. The number of methoxy groups -OCH3 is 1. The summed E-state index contributed by atoms with van der Waals surface area (Å²) in [4.78, 5) is 22.8. The fourth-order valence-electron chi connectivity index (χ4n) is 2.35. The fraction of sp³-hybridized carbons (Fsp3) is 0.200. The van der Waals surface area contributed by atoms with Gasteiger partial charge in [-0.15, -0.1) is 0 Å². The molecule has 2 aromatic carbocycles. The zero-order valence-electron chi connectivity index (χ0n) is 15.8. The van der Waals surface area contributed by atoms with Gasteiger partial charge in [0.05, 0.1) is 18.6 Å². The molecule has 0 unspecified atom stereocenters. The first-order valence-electron chi connectivity index (χ1n) is 8.57. The molecule has 9 heteroatoms. The molecule has 8 nitrogen and oxygen atoms in total. The topological polar surface area (TPSA) is 114 Å². The van der Waals surface area contributed by atoms with E-state index < -0.39 is 10.8 Å². The number of benzene rings is 2. The third-order valence-electron chi connectivity index (χ3n) is 3.72. The van der Waals surface area contributed by atoms with Crippen molar-refractivity contribution in [2.45, 2.75) is 13.3 Å². The minimum Gasteiger partial charge on any atom is -0.493 e. The van der Waals surface area contributed by atoms with Crippen LogP contribution in [0.5, 0.6) is 11.5 Å². The molecule has 29 heavy (non-hydrogen) atoms. The summed E-state index contributed by atoms with van der Waals surface area (Å²) in [5, 5.41) is 22.8. The van der Waals surface area contributed by atoms with E-state index in [0.717, 1.165) is 6.42 Å². The van der Waals surface area contributed by atoms with Crippen molar-refractivity contribution < 1.29 is 19.2 Å². The highest BCUT2D eigenvalue weighted by Crippen LogP contribution is 2.34. The third-order valence-corrected chi connectivity index (χ3v) is 4.41. The second kappa shape index (κ2) is 10.2. The summed E-state index contributed by atoms with van der Waals surface area (Å²) in [7, 11) is 1.50. The molecule has 0 heterocycles. The molecule has 1 amide bonds. The molecule has 0 aliphatic heterocycles. The zero-order chi connectivity index (χ0) is 21.4. The Morgan fingerprint density at radius 1 is 1.34 bits per heavy atom. The number of carbonyl (C=O) groups excluding carboxylic acids is 1. The monoisotopic (exact) mass is 459 g/mol. The Morgan fingerprint density at radius 2 is 2.10 bits per heavy atom. The average Bonchev–Trinajstić information content (AvgIpc) is 2.71. The van der Waals surface area contributed by atoms with Gasteiger partial charge in [-0.05, 0) is 36.3 Å². The number of halogens is 1. The number of nitrogens with one attached hydrogen (secondary N) is 1. The first kappa shape index (κ1) is 21.9. The van der Waals surface area contributed by atoms with E-state index >= 15 is 0 Å². The summed E-state index contributed by atoms with van der Waals surface area (Å²) in [6.45, 7) is 2.50. The zero-order valence-corrected chi connectivity index (χ0v) is 17.4. The average molecular weight is 460 g/mol. The molecule has 0 aromatic heterocycles. The number of hydrogen-bond acceptors (Lipinski definition) is 6. The number of nitrogens with zero attached hydrogens (tertiary/aromatic N) is 2.